The van der Waals surface area contributed by atoms with Gasteiger partial charge in [0.1, 0.15) is 17.5 Å². The molecule has 0 bridgehead atoms. The second-order valence-corrected chi connectivity index (χ2v) is 7.83. The Kier molecular flexibility index (Phi) is 3.97. The average Bonchev–Trinajstić information content (AvgIpc) is 2.47. The van der Waals surface area contributed by atoms with Gasteiger partial charge in [0.2, 0.25) is 0 Å². The fourth-order valence-corrected chi connectivity index (χ4v) is 3.63. The number of ether oxygens (including phenoxy) is 1. The summed E-state index contributed by atoms with van der Waals surface area (Å²) >= 11 is 0. The number of aromatic nitrogens is 2. The Morgan fingerprint density at radius 1 is 1.29 bits per heavy atom. The van der Waals surface area contributed by atoms with Crippen LogP contribution in [0, 0.1) is 0 Å². The van der Waals surface area contributed by atoms with E-state index >= 15 is 0 Å². The molecule has 7 nitrogen and oxygen atoms in total. The maximum atomic E-state index is 12.3. The Morgan fingerprint density at radius 3 is 2.71 bits per heavy atom. The molecule has 0 aliphatic carbocycles. The first-order valence-corrected chi connectivity index (χ1v) is 9.19. The molecule has 2 aromatic heterocycles. The fraction of sp³-hybridized carbons (Fsp3) is 0.375. The van der Waals surface area contributed by atoms with Crippen LogP contribution in [-0.4, -0.2) is 35.9 Å². The number of fused-ring (bicyclic) bond motifs is 1. The molecule has 1 aliphatic heterocycles. The minimum atomic E-state index is -3.77. The molecule has 0 N–H and O–H groups in total. The van der Waals surface area contributed by atoms with E-state index in [2.05, 4.69) is 4.98 Å². The first kappa shape index (κ1) is 16.7. The van der Waals surface area contributed by atoms with Crippen molar-refractivity contribution in [1.29, 1.82) is 0 Å². The highest BCUT2D eigenvalue weighted by molar-refractivity contribution is 7.86. The van der Waals surface area contributed by atoms with Crippen molar-refractivity contribution in [3.05, 3.63) is 58.8 Å². The summed E-state index contributed by atoms with van der Waals surface area (Å²) in [6, 6.07) is 5.75. The van der Waals surface area contributed by atoms with Gasteiger partial charge in [0.05, 0.1) is 12.3 Å². The second-order valence-electron chi connectivity index (χ2n) is 6.23. The zero-order valence-electron chi connectivity index (χ0n) is 13.5. The van der Waals surface area contributed by atoms with E-state index in [9.17, 15) is 13.2 Å². The first-order chi connectivity index (χ1) is 11.2. The maximum Gasteiger partial charge on any atom is 0.264 e. The van der Waals surface area contributed by atoms with Crippen molar-refractivity contribution >= 4 is 10.1 Å². The van der Waals surface area contributed by atoms with Gasteiger partial charge in [-0.25, -0.2) is 0 Å². The SMILES string of the molecule is CC1(C)Oc2ccncc2[C@@H](n2ccccc2=O)[C@@H]1OS(C)(=O)=O. The lowest BCUT2D eigenvalue weighted by atomic mass is 9.87. The molecule has 0 saturated heterocycles. The molecule has 2 atom stereocenters. The number of hydrogen-bond donors (Lipinski definition) is 0. The zero-order chi connectivity index (χ0) is 17.5. The summed E-state index contributed by atoms with van der Waals surface area (Å²) in [5.41, 5.74) is -0.645. The minimum Gasteiger partial charge on any atom is -0.485 e. The van der Waals surface area contributed by atoms with Gasteiger partial charge in [-0.2, -0.15) is 8.42 Å². The Balaban J connectivity index is 2.25. The van der Waals surface area contributed by atoms with Crippen molar-refractivity contribution in [3.8, 4) is 5.75 Å². The van der Waals surface area contributed by atoms with Gasteiger partial charge in [0.25, 0.3) is 15.7 Å². The predicted octanol–water partition coefficient (Wildman–Crippen LogP) is 1.35. The standard InChI is InChI=1S/C16H18N2O5S/c1-16(2)15(23-24(3,20)21)14(18-9-5-4-6-13(18)19)11-10-17-8-7-12(11)22-16/h4-10,14-15H,1-3H3/t14-,15+/m1/s1. The van der Waals surface area contributed by atoms with Gasteiger partial charge in [0.15, 0.2) is 0 Å². The minimum absolute atomic E-state index is 0.267. The van der Waals surface area contributed by atoms with E-state index < -0.39 is 27.9 Å². The third kappa shape index (κ3) is 3.07. The Labute approximate surface area is 140 Å². The van der Waals surface area contributed by atoms with Gasteiger partial charge in [-0.05, 0) is 26.0 Å². The molecule has 0 spiro atoms. The topological polar surface area (TPSA) is 87.5 Å². The van der Waals surface area contributed by atoms with E-state index in [1.807, 2.05) is 0 Å². The van der Waals surface area contributed by atoms with Gasteiger partial charge < -0.3 is 9.30 Å². The van der Waals surface area contributed by atoms with Gasteiger partial charge in [-0.3, -0.25) is 14.0 Å². The molecule has 24 heavy (non-hydrogen) atoms. The highest BCUT2D eigenvalue weighted by Gasteiger charge is 2.47. The van der Waals surface area contributed by atoms with Crippen molar-refractivity contribution < 1.29 is 17.3 Å². The Morgan fingerprint density at radius 2 is 2.04 bits per heavy atom. The lowest BCUT2D eigenvalue weighted by Gasteiger charge is -2.43. The fourth-order valence-electron chi connectivity index (χ4n) is 2.92. The highest BCUT2D eigenvalue weighted by atomic mass is 32.2. The van der Waals surface area contributed by atoms with Crippen LogP contribution in [-0.2, 0) is 14.3 Å². The van der Waals surface area contributed by atoms with E-state index in [-0.39, 0.29) is 5.56 Å². The number of hydrogen-bond acceptors (Lipinski definition) is 6. The largest absolute Gasteiger partial charge is 0.485 e. The molecular formula is C16H18N2O5S. The molecule has 0 radical (unpaired) electrons. The van der Waals surface area contributed by atoms with Gasteiger partial charge in [-0.1, -0.05) is 6.07 Å². The predicted molar refractivity (Wildman–Crippen MR) is 87.5 cm³/mol. The Bertz CT molecular complexity index is 920. The van der Waals surface area contributed by atoms with Gasteiger partial charge in [-0.15, -0.1) is 0 Å². The zero-order valence-corrected chi connectivity index (χ0v) is 14.4. The van der Waals surface area contributed by atoms with Crippen LogP contribution in [0.2, 0.25) is 0 Å². The summed E-state index contributed by atoms with van der Waals surface area (Å²) in [5.74, 6) is 0.545. The first-order valence-electron chi connectivity index (χ1n) is 7.37. The highest BCUT2D eigenvalue weighted by Crippen LogP contribution is 2.42. The summed E-state index contributed by atoms with van der Waals surface area (Å²) in [6.45, 7) is 3.46. The summed E-state index contributed by atoms with van der Waals surface area (Å²) in [7, 11) is -3.77. The summed E-state index contributed by atoms with van der Waals surface area (Å²) in [6.07, 6.45) is 4.80. The molecule has 0 aromatic carbocycles. The molecule has 3 rings (SSSR count). The molecule has 0 fully saturated rings. The third-order valence-electron chi connectivity index (χ3n) is 3.90. The lowest BCUT2D eigenvalue weighted by molar-refractivity contribution is -0.0465. The van der Waals surface area contributed by atoms with Gasteiger partial charge >= 0.3 is 0 Å². The van der Waals surface area contributed by atoms with Crippen LogP contribution in [0.15, 0.2) is 47.7 Å². The molecule has 2 aromatic rings. The van der Waals surface area contributed by atoms with Crippen LogP contribution < -0.4 is 10.3 Å². The molecule has 0 amide bonds. The van der Waals surface area contributed by atoms with Crippen molar-refractivity contribution in [2.45, 2.75) is 31.6 Å². The quantitative estimate of drug-likeness (QED) is 0.777. The van der Waals surface area contributed by atoms with E-state index in [1.165, 1.54) is 10.6 Å². The van der Waals surface area contributed by atoms with Crippen LogP contribution in [0.5, 0.6) is 5.75 Å². The van der Waals surface area contributed by atoms with E-state index in [0.717, 1.165) is 6.26 Å². The normalized spacial score (nSPS) is 22.5. The molecule has 8 heteroatoms. The molecule has 3 heterocycles. The van der Waals surface area contributed by atoms with Crippen LogP contribution in [0.4, 0.5) is 0 Å². The van der Waals surface area contributed by atoms with Crippen LogP contribution in [0.1, 0.15) is 25.5 Å². The molecule has 128 valence electrons. The number of nitrogens with zero attached hydrogens (tertiary/aromatic N) is 2. The maximum absolute atomic E-state index is 12.3. The second kappa shape index (κ2) is 5.71. The third-order valence-corrected chi connectivity index (χ3v) is 4.46. The van der Waals surface area contributed by atoms with Crippen LogP contribution in [0.3, 0.4) is 0 Å². The summed E-state index contributed by atoms with van der Waals surface area (Å²) < 4.78 is 36.3. The van der Waals surface area contributed by atoms with Gasteiger partial charge in [0, 0.05) is 30.2 Å². The van der Waals surface area contributed by atoms with E-state index in [4.69, 9.17) is 8.92 Å². The number of rotatable bonds is 3. The lowest BCUT2D eigenvalue weighted by Crippen LogP contribution is -2.54. The number of pyridine rings is 2. The smallest absolute Gasteiger partial charge is 0.264 e. The van der Waals surface area contributed by atoms with Crippen LogP contribution >= 0.6 is 0 Å². The molecular weight excluding hydrogens is 332 g/mol. The van der Waals surface area contributed by atoms with Crippen molar-refractivity contribution in [2.24, 2.45) is 0 Å². The molecule has 0 unspecified atom stereocenters. The monoisotopic (exact) mass is 350 g/mol. The molecule has 1 aliphatic rings. The summed E-state index contributed by atoms with van der Waals surface area (Å²) in [5, 5.41) is 0. The Hall–Kier alpha value is -2.19. The molecule has 0 saturated carbocycles. The average molecular weight is 350 g/mol. The van der Waals surface area contributed by atoms with Crippen LogP contribution in [0.25, 0.3) is 0 Å². The van der Waals surface area contributed by atoms with Crippen molar-refractivity contribution in [3.63, 3.8) is 0 Å². The van der Waals surface area contributed by atoms with E-state index in [1.54, 1.807) is 50.6 Å². The van der Waals surface area contributed by atoms with Crippen molar-refractivity contribution in [1.82, 2.24) is 9.55 Å². The van der Waals surface area contributed by atoms with Crippen molar-refractivity contribution in [2.75, 3.05) is 6.26 Å². The summed E-state index contributed by atoms with van der Waals surface area (Å²) in [4.78, 5) is 16.4. The van der Waals surface area contributed by atoms with E-state index in [0.29, 0.717) is 11.3 Å².